The van der Waals surface area contributed by atoms with Crippen molar-refractivity contribution in [1.29, 1.82) is 0 Å². The minimum atomic E-state index is -4.42. The van der Waals surface area contributed by atoms with E-state index >= 15 is 0 Å². The highest BCUT2D eigenvalue weighted by atomic mass is 35.5. The first kappa shape index (κ1) is 17.0. The van der Waals surface area contributed by atoms with Crippen LogP contribution in [0.25, 0.3) is 0 Å². The third-order valence-corrected chi connectivity index (χ3v) is 2.84. The van der Waals surface area contributed by atoms with Gasteiger partial charge >= 0.3 is 6.18 Å². The van der Waals surface area contributed by atoms with Crippen molar-refractivity contribution in [3.8, 4) is 5.88 Å². The number of hydrogen-bond donors (Lipinski definition) is 1. The van der Waals surface area contributed by atoms with Gasteiger partial charge in [-0.2, -0.15) is 13.2 Å². The second-order valence-corrected chi connectivity index (χ2v) is 5.31. The number of nitrogens with zero attached hydrogens (tertiary/aromatic N) is 1. The van der Waals surface area contributed by atoms with E-state index in [9.17, 15) is 13.2 Å². The zero-order chi connectivity index (χ0) is 15.3. The molecule has 0 aliphatic heterocycles. The highest BCUT2D eigenvalue weighted by Gasteiger charge is 2.38. The third-order valence-electron chi connectivity index (χ3n) is 2.50. The second kappa shape index (κ2) is 7.13. The molecule has 20 heavy (non-hydrogen) atoms. The second-order valence-electron chi connectivity index (χ2n) is 4.90. The average molecular weight is 311 g/mol. The lowest BCUT2D eigenvalue weighted by atomic mass is 10.2. The molecule has 0 bridgehead atoms. The van der Waals surface area contributed by atoms with Crippen molar-refractivity contribution in [2.75, 3.05) is 6.54 Å². The smallest absolute Gasteiger partial charge is 0.425 e. The molecule has 0 spiro atoms. The quantitative estimate of drug-likeness (QED) is 0.867. The summed E-state index contributed by atoms with van der Waals surface area (Å²) < 4.78 is 42.0. The molecule has 1 aromatic rings. The Morgan fingerprint density at radius 2 is 1.95 bits per heavy atom. The fourth-order valence-corrected chi connectivity index (χ4v) is 1.55. The van der Waals surface area contributed by atoms with Crippen molar-refractivity contribution in [2.24, 2.45) is 5.92 Å². The molecule has 3 nitrogen and oxygen atoms in total. The van der Waals surface area contributed by atoms with Crippen molar-refractivity contribution >= 4 is 11.6 Å². The summed E-state index contributed by atoms with van der Waals surface area (Å²) in [6.45, 7) is 6.18. The Labute approximate surface area is 121 Å². The van der Waals surface area contributed by atoms with Gasteiger partial charge < -0.3 is 10.1 Å². The van der Waals surface area contributed by atoms with E-state index < -0.39 is 12.3 Å². The predicted molar refractivity (Wildman–Crippen MR) is 71.9 cm³/mol. The van der Waals surface area contributed by atoms with E-state index in [4.69, 9.17) is 16.3 Å². The highest BCUT2D eigenvalue weighted by molar-refractivity contribution is 6.31. The average Bonchev–Trinajstić information content (AvgIpc) is 2.31. The van der Waals surface area contributed by atoms with Crippen LogP contribution in [0.3, 0.4) is 0 Å². The number of halogens is 4. The molecular formula is C13H18ClF3N2O. The molecule has 7 heteroatoms. The van der Waals surface area contributed by atoms with Crippen LogP contribution in [-0.4, -0.2) is 23.8 Å². The summed E-state index contributed by atoms with van der Waals surface area (Å²) in [7, 11) is 0. The van der Waals surface area contributed by atoms with Crippen LogP contribution in [0, 0.1) is 5.92 Å². The van der Waals surface area contributed by atoms with Gasteiger partial charge in [0.1, 0.15) is 0 Å². The maximum absolute atomic E-state index is 12.4. The maximum Gasteiger partial charge on any atom is 0.425 e. The molecular weight excluding hydrogens is 293 g/mol. The molecule has 1 rings (SSSR count). The maximum atomic E-state index is 12.4. The van der Waals surface area contributed by atoms with E-state index in [0.717, 1.165) is 13.5 Å². The number of nitrogens with one attached hydrogen (secondary N) is 1. The summed E-state index contributed by atoms with van der Waals surface area (Å²) in [5.74, 6) is 0.374. The van der Waals surface area contributed by atoms with Gasteiger partial charge in [-0.05, 0) is 25.5 Å². The molecule has 1 atom stereocenters. The van der Waals surface area contributed by atoms with Gasteiger partial charge in [0.2, 0.25) is 5.88 Å². The van der Waals surface area contributed by atoms with E-state index in [2.05, 4.69) is 10.3 Å². The van der Waals surface area contributed by atoms with Crippen LogP contribution in [0.4, 0.5) is 13.2 Å². The fourth-order valence-electron chi connectivity index (χ4n) is 1.38. The SMILES string of the molecule is CC(C)CNCc1nc(OC(C)C(F)(F)F)ccc1Cl. The summed E-state index contributed by atoms with van der Waals surface area (Å²) in [5.41, 5.74) is 0.471. The number of rotatable bonds is 6. The van der Waals surface area contributed by atoms with Crippen LogP contribution >= 0.6 is 11.6 Å². The molecule has 1 heterocycles. The third kappa shape index (κ3) is 5.54. The minimum Gasteiger partial charge on any atom is -0.465 e. The van der Waals surface area contributed by atoms with Gasteiger partial charge in [0.15, 0.2) is 6.10 Å². The number of hydrogen-bond acceptors (Lipinski definition) is 3. The van der Waals surface area contributed by atoms with Crippen LogP contribution in [0.2, 0.25) is 5.02 Å². The van der Waals surface area contributed by atoms with Gasteiger partial charge in [0.05, 0.1) is 10.7 Å². The van der Waals surface area contributed by atoms with Crippen LogP contribution in [0.15, 0.2) is 12.1 Å². The Kier molecular flexibility index (Phi) is 6.07. The molecule has 0 amide bonds. The van der Waals surface area contributed by atoms with Gasteiger partial charge in [0, 0.05) is 12.6 Å². The van der Waals surface area contributed by atoms with Crippen molar-refractivity contribution in [1.82, 2.24) is 10.3 Å². The number of ether oxygens (including phenoxy) is 1. The van der Waals surface area contributed by atoms with Crippen molar-refractivity contribution in [2.45, 2.75) is 39.6 Å². The van der Waals surface area contributed by atoms with Crippen molar-refractivity contribution in [3.05, 3.63) is 22.8 Å². The Hall–Kier alpha value is -1.01. The molecule has 0 fully saturated rings. The van der Waals surface area contributed by atoms with Gasteiger partial charge in [-0.1, -0.05) is 25.4 Å². The van der Waals surface area contributed by atoms with E-state index in [-0.39, 0.29) is 5.88 Å². The Morgan fingerprint density at radius 3 is 2.50 bits per heavy atom. The Morgan fingerprint density at radius 1 is 1.30 bits per heavy atom. The van der Waals surface area contributed by atoms with E-state index in [0.29, 0.717) is 23.2 Å². The van der Waals surface area contributed by atoms with E-state index in [1.807, 2.05) is 13.8 Å². The van der Waals surface area contributed by atoms with Gasteiger partial charge in [-0.15, -0.1) is 0 Å². The lowest BCUT2D eigenvalue weighted by Crippen LogP contribution is -2.31. The summed E-state index contributed by atoms with van der Waals surface area (Å²) in [4.78, 5) is 4.01. The normalized spacial score (nSPS) is 13.6. The summed E-state index contributed by atoms with van der Waals surface area (Å²) >= 11 is 5.96. The van der Waals surface area contributed by atoms with Crippen LogP contribution in [0.5, 0.6) is 5.88 Å². The summed E-state index contributed by atoms with van der Waals surface area (Å²) in [5, 5.41) is 3.52. The number of aromatic nitrogens is 1. The molecule has 0 saturated carbocycles. The molecule has 1 unspecified atom stereocenters. The zero-order valence-electron chi connectivity index (χ0n) is 11.6. The van der Waals surface area contributed by atoms with Gasteiger partial charge in [0.25, 0.3) is 0 Å². The van der Waals surface area contributed by atoms with Gasteiger partial charge in [-0.25, -0.2) is 4.98 Å². The summed E-state index contributed by atoms with van der Waals surface area (Å²) in [6, 6.07) is 2.82. The Bertz CT molecular complexity index is 438. The molecule has 1 N–H and O–H groups in total. The predicted octanol–water partition coefficient (Wildman–Crippen LogP) is 3.81. The molecule has 114 valence electrons. The van der Waals surface area contributed by atoms with E-state index in [1.54, 1.807) is 0 Å². The Balaban J connectivity index is 2.71. The fraction of sp³-hybridized carbons (Fsp3) is 0.615. The summed E-state index contributed by atoms with van der Waals surface area (Å²) in [6.07, 6.45) is -6.33. The van der Waals surface area contributed by atoms with Crippen LogP contribution in [0.1, 0.15) is 26.5 Å². The minimum absolute atomic E-state index is 0.0828. The highest BCUT2D eigenvalue weighted by Crippen LogP contribution is 2.25. The van der Waals surface area contributed by atoms with E-state index in [1.165, 1.54) is 12.1 Å². The van der Waals surface area contributed by atoms with Crippen molar-refractivity contribution in [3.63, 3.8) is 0 Å². The zero-order valence-corrected chi connectivity index (χ0v) is 12.3. The van der Waals surface area contributed by atoms with Crippen LogP contribution < -0.4 is 10.1 Å². The lowest BCUT2D eigenvalue weighted by Gasteiger charge is -2.17. The first-order valence-corrected chi connectivity index (χ1v) is 6.67. The number of pyridine rings is 1. The monoisotopic (exact) mass is 310 g/mol. The molecule has 0 radical (unpaired) electrons. The molecule has 0 aliphatic carbocycles. The lowest BCUT2D eigenvalue weighted by molar-refractivity contribution is -0.190. The number of alkyl halides is 3. The molecule has 1 aromatic heterocycles. The molecule has 0 aromatic carbocycles. The largest absolute Gasteiger partial charge is 0.465 e. The topological polar surface area (TPSA) is 34.2 Å². The molecule has 0 aliphatic rings. The first-order chi connectivity index (χ1) is 9.20. The standard InChI is InChI=1S/C13H18ClF3N2O/c1-8(2)6-18-7-11-10(14)4-5-12(19-11)20-9(3)13(15,16)17/h4-5,8-9,18H,6-7H2,1-3H3. The first-order valence-electron chi connectivity index (χ1n) is 6.29. The van der Waals surface area contributed by atoms with Crippen molar-refractivity contribution < 1.29 is 17.9 Å². The molecule has 0 saturated heterocycles. The van der Waals surface area contributed by atoms with Crippen LogP contribution in [-0.2, 0) is 6.54 Å². The van der Waals surface area contributed by atoms with Gasteiger partial charge in [-0.3, -0.25) is 0 Å².